The summed E-state index contributed by atoms with van der Waals surface area (Å²) in [5, 5.41) is 3.21. The standard InChI is InChI=1S/C21H24N6/c1-16-4-5-20(24-13-16)26-21-23-11-8-19(25-21)18-3-2-12-27(15-18)14-17-6-9-22-10-7-17/h4-11,13,18H,2-3,12,14-15H2,1H3,(H,23,24,25,26)/t18-/m1/s1. The Morgan fingerprint density at radius 3 is 2.78 bits per heavy atom. The molecule has 0 radical (unpaired) electrons. The van der Waals surface area contributed by atoms with Crippen molar-refractivity contribution in [3.63, 3.8) is 0 Å². The molecule has 138 valence electrons. The van der Waals surface area contributed by atoms with Crippen LogP contribution in [0.5, 0.6) is 0 Å². The third-order valence-corrected chi connectivity index (χ3v) is 4.91. The molecule has 3 aromatic heterocycles. The van der Waals surface area contributed by atoms with Gasteiger partial charge in [0.1, 0.15) is 5.82 Å². The van der Waals surface area contributed by atoms with Crippen molar-refractivity contribution < 1.29 is 0 Å². The molecule has 1 saturated heterocycles. The molecule has 0 saturated carbocycles. The topological polar surface area (TPSA) is 66.8 Å². The maximum atomic E-state index is 4.76. The van der Waals surface area contributed by atoms with E-state index in [2.05, 4.69) is 37.3 Å². The first-order chi connectivity index (χ1) is 13.3. The zero-order valence-electron chi connectivity index (χ0n) is 15.5. The second-order valence-electron chi connectivity index (χ2n) is 7.08. The predicted octanol–water partition coefficient (Wildman–Crippen LogP) is 3.70. The number of aryl methyl sites for hydroxylation is 1. The number of nitrogens with one attached hydrogen (secondary N) is 1. The summed E-state index contributed by atoms with van der Waals surface area (Å²) in [6.07, 6.45) is 9.73. The molecule has 1 N–H and O–H groups in total. The highest BCUT2D eigenvalue weighted by atomic mass is 15.2. The van der Waals surface area contributed by atoms with Gasteiger partial charge in [-0.25, -0.2) is 15.0 Å². The van der Waals surface area contributed by atoms with Gasteiger partial charge in [0.25, 0.3) is 0 Å². The van der Waals surface area contributed by atoms with Crippen LogP contribution in [0.4, 0.5) is 11.8 Å². The first-order valence-corrected chi connectivity index (χ1v) is 9.40. The molecule has 3 aromatic rings. The van der Waals surface area contributed by atoms with Crippen LogP contribution in [0.25, 0.3) is 0 Å². The van der Waals surface area contributed by atoms with E-state index in [-0.39, 0.29) is 0 Å². The zero-order valence-corrected chi connectivity index (χ0v) is 15.5. The molecule has 1 aliphatic rings. The van der Waals surface area contributed by atoms with E-state index in [1.807, 2.05) is 49.9 Å². The maximum Gasteiger partial charge on any atom is 0.228 e. The van der Waals surface area contributed by atoms with Crippen LogP contribution in [0, 0.1) is 6.92 Å². The molecular weight excluding hydrogens is 336 g/mol. The highest BCUT2D eigenvalue weighted by Crippen LogP contribution is 2.27. The van der Waals surface area contributed by atoms with Gasteiger partial charge >= 0.3 is 0 Å². The monoisotopic (exact) mass is 360 g/mol. The molecule has 0 aliphatic carbocycles. The molecule has 6 heteroatoms. The van der Waals surface area contributed by atoms with Gasteiger partial charge in [0.2, 0.25) is 5.95 Å². The van der Waals surface area contributed by atoms with Gasteiger partial charge in [-0.15, -0.1) is 0 Å². The molecule has 0 amide bonds. The Hall–Kier alpha value is -2.86. The van der Waals surface area contributed by atoms with Crippen LogP contribution in [0.1, 0.15) is 35.6 Å². The Bertz CT molecular complexity index is 865. The number of likely N-dealkylation sites (tertiary alicyclic amines) is 1. The van der Waals surface area contributed by atoms with E-state index in [0.717, 1.165) is 43.1 Å². The Morgan fingerprint density at radius 1 is 1.07 bits per heavy atom. The van der Waals surface area contributed by atoms with Crippen molar-refractivity contribution >= 4 is 11.8 Å². The van der Waals surface area contributed by atoms with Gasteiger partial charge in [-0.1, -0.05) is 6.07 Å². The molecule has 0 spiro atoms. The van der Waals surface area contributed by atoms with E-state index in [4.69, 9.17) is 4.98 Å². The fourth-order valence-corrected chi connectivity index (χ4v) is 3.50. The predicted molar refractivity (Wildman–Crippen MR) is 106 cm³/mol. The molecule has 4 heterocycles. The minimum Gasteiger partial charge on any atom is -0.309 e. The van der Waals surface area contributed by atoms with E-state index >= 15 is 0 Å². The van der Waals surface area contributed by atoms with Gasteiger partial charge < -0.3 is 5.32 Å². The lowest BCUT2D eigenvalue weighted by atomic mass is 9.94. The second-order valence-corrected chi connectivity index (χ2v) is 7.08. The fourth-order valence-electron chi connectivity index (χ4n) is 3.50. The summed E-state index contributed by atoms with van der Waals surface area (Å²) in [5.41, 5.74) is 3.53. The van der Waals surface area contributed by atoms with Crippen molar-refractivity contribution in [2.75, 3.05) is 18.4 Å². The summed E-state index contributed by atoms with van der Waals surface area (Å²) in [6.45, 7) is 5.13. The van der Waals surface area contributed by atoms with E-state index in [9.17, 15) is 0 Å². The Morgan fingerprint density at radius 2 is 1.96 bits per heavy atom. The molecule has 0 unspecified atom stereocenters. The average molecular weight is 360 g/mol. The number of pyridine rings is 2. The number of rotatable bonds is 5. The van der Waals surface area contributed by atoms with Gasteiger partial charge in [0.15, 0.2) is 0 Å². The number of aromatic nitrogens is 4. The molecule has 27 heavy (non-hydrogen) atoms. The van der Waals surface area contributed by atoms with Crippen LogP contribution in [0.2, 0.25) is 0 Å². The summed E-state index contributed by atoms with van der Waals surface area (Å²) in [7, 11) is 0. The lowest BCUT2D eigenvalue weighted by Crippen LogP contribution is -2.34. The quantitative estimate of drug-likeness (QED) is 0.748. The van der Waals surface area contributed by atoms with Crippen LogP contribution in [-0.2, 0) is 6.54 Å². The fraction of sp³-hybridized carbons (Fsp3) is 0.333. The van der Waals surface area contributed by atoms with Gasteiger partial charge in [-0.3, -0.25) is 9.88 Å². The van der Waals surface area contributed by atoms with E-state index in [1.54, 1.807) is 0 Å². The van der Waals surface area contributed by atoms with Gasteiger partial charge in [0, 0.05) is 43.8 Å². The third-order valence-electron chi connectivity index (χ3n) is 4.91. The number of anilines is 2. The van der Waals surface area contributed by atoms with Crippen molar-refractivity contribution in [2.24, 2.45) is 0 Å². The first-order valence-electron chi connectivity index (χ1n) is 9.40. The SMILES string of the molecule is Cc1ccc(Nc2nccc([C@@H]3CCCN(Cc4ccncc4)C3)n2)nc1. The lowest BCUT2D eigenvalue weighted by Gasteiger charge is -2.32. The maximum absolute atomic E-state index is 4.76. The number of nitrogens with zero attached hydrogens (tertiary/aromatic N) is 5. The third kappa shape index (κ3) is 4.65. The number of hydrogen-bond donors (Lipinski definition) is 1. The van der Waals surface area contributed by atoms with E-state index in [1.165, 1.54) is 12.0 Å². The van der Waals surface area contributed by atoms with Crippen LogP contribution in [0.3, 0.4) is 0 Å². The Balaban J connectivity index is 1.43. The van der Waals surface area contributed by atoms with Gasteiger partial charge in [-0.2, -0.15) is 0 Å². The van der Waals surface area contributed by atoms with Crippen molar-refractivity contribution in [1.29, 1.82) is 0 Å². The number of hydrogen-bond acceptors (Lipinski definition) is 6. The van der Waals surface area contributed by atoms with E-state index < -0.39 is 0 Å². The summed E-state index contributed by atoms with van der Waals surface area (Å²) >= 11 is 0. The van der Waals surface area contributed by atoms with Crippen LogP contribution < -0.4 is 5.32 Å². The summed E-state index contributed by atoms with van der Waals surface area (Å²) < 4.78 is 0. The summed E-state index contributed by atoms with van der Waals surface area (Å²) in [4.78, 5) is 20.1. The second kappa shape index (κ2) is 8.22. The van der Waals surface area contributed by atoms with Gasteiger partial charge in [-0.05, 0) is 61.7 Å². The normalized spacial score (nSPS) is 17.6. The Labute approximate surface area is 159 Å². The summed E-state index contributed by atoms with van der Waals surface area (Å²) in [6, 6.07) is 10.2. The van der Waals surface area contributed by atoms with Gasteiger partial charge in [0.05, 0.1) is 5.69 Å². The molecule has 1 fully saturated rings. The molecule has 0 bridgehead atoms. The molecule has 0 aromatic carbocycles. The van der Waals surface area contributed by atoms with Crippen LogP contribution in [-0.4, -0.2) is 37.9 Å². The largest absolute Gasteiger partial charge is 0.309 e. The first kappa shape index (κ1) is 17.5. The minimum absolute atomic E-state index is 0.426. The number of piperidine rings is 1. The van der Waals surface area contributed by atoms with Crippen LogP contribution >= 0.6 is 0 Å². The van der Waals surface area contributed by atoms with Crippen LogP contribution in [0.15, 0.2) is 55.1 Å². The Kier molecular flexibility index (Phi) is 5.34. The van der Waals surface area contributed by atoms with Crippen molar-refractivity contribution in [3.8, 4) is 0 Å². The minimum atomic E-state index is 0.426. The highest BCUT2D eigenvalue weighted by molar-refractivity contribution is 5.47. The average Bonchev–Trinajstić information content (AvgIpc) is 2.71. The van der Waals surface area contributed by atoms with E-state index in [0.29, 0.717) is 11.9 Å². The molecule has 1 atom stereocenters. The molecular formula is C21H24N6. The van der Waals surface area contributed by atoms with Crippen molar-refractivity contribution in [1.82, 2.24) is 24.8 Å². The van der Waals surface area contributed by atoms with Crippen molar-refractivity contribution in [3.05, 3.63) is 71.9 Å². The lowest BCUT2D eigenvalue weighted by molar-refractivity contribution is 0.198. The highest BCUT2D eigenvalue weighted by Gasteiger charge is 2.22. The molecule has 4 rings (SSSR count). The smallest absolute Gasteiger partial charge is 0.228 e. The zero-order chi connectivity index (χ0) is 18.5. The summed E-state index contributed by atoms with van der Waals surface area (Å²) in [5.74, 6) is 1.80. The molecule has 6 nitrogen and oxygen atoms in total. The molecule has 1 aliphatic heterocycles. The van der Waals surface area contributed by atoms with Crippen molar-refractivity contribution in [2.45, 2.75) is 32.2 Å².